The van der Waals surface area contributed by atoms with Crippen LogP contribution in [-0.4, -0.2) is 35.4 Å². The monoisotopic (exact) mass is 373 g/mol. The lowest BCUT2D eigenvalue weighted by molar-refractivity contribution is -0.118. The van der Waals surface area contributed by atoms with E-state index in [0.717, 1.165) is 24.1 Å². The van der Waals surface area contributed by atoms with Gasteiger partial charge in [-0.05, 0) is 31.9 Å². The first kappa shape index (κ1) is 22.8. The molecule has 24 heavy (non-hydrogen) atoms. The van der Waals surface area contributed by atoms with Crippen molar-refractivity contribution in [3.63, 3.8) is 0 Å². The number of carbonyl (C=O) groups excluding carboxylic acids is 2. The van der Waals surface area contributed by atoms with E-state index in [1.807, 2.05) is 45.0 Å². The summed E-state index contributed by atoms with van der Waals surface area (Å²) in [5, 5.41) is 5.64. The summed E-state index contributed by atoms with van der Waals surface area (Å²) >= 11 is 1.29. The largest absolute Gasteiger partial charge is 0.354 e. The molecule has 2 amide bonds. The molecule has 0 saturated heterocycles. The minimum Gasteiger partial charge on any atom is -0.354 e. The molecule has 4 N–H and O–H groups in total. The fourth-order valence-electron chi connectivity index (χ4n) is 1.90. The third-order valence-corrected chi connectivity index (χ3v) is 4.78. The fourth-order valence-corrected chi connectivity index (χ4v) is 2.54. The van der Waals surface area contributed by atoms with Crippen molar-refractivity contribution in [3.8, 4) is 0 Å². The van der Waals surface area contributed by atoms with Gasteiger partial charge in [0.15, 0.2) is 0 Å². The van der Waals surface area contributed by atoms with Gasteiger partial charge in [0, 0.05) is 17.8 Å². The second-order valence-corrected chi connectivity index (χ2v) is 6.74. The van der Waals surface area contributed by atoms with Crippen LogP contribution in [0.5, 0.6) is 0 Å². The van der Waals surface area contributed by atoms with E-state index in [0.29, 0.717) is 6.54 Å². The highest BCUT2D eigenvalue weighted by molar-refractivity contribution is 8.00. The zero-order chi connectivity index (χ0) is 17.3. The molecular formula is C17H28ClN3O2S. The fraction of sp³-hybridized carbons (Fsp3) is 0.529. The molecule has 1 aromatic carbocycles. The number of halogens is 1. The number of nitrogens with one attached hydrogen (secondary N) is 2. The Kier molecular flexibility index (Phi) is 10.8. The predicted molar refractivity (Wildman–Crippen MR) is 105 cm³/mol. The second-order valence-electron chi connectivity index (χ2n) is 5.75. The summed E-state index contributed by atoms with van der Waals surface area (Å²) in [5.74, 6) is 0.304. The predicted octanol–water partition coefficient (Wildman–Crippen LogP) is 2.72. The van der Waals surface area contributed by atoms with Crippen LogP contribution in [0, 0.1) is 6.92 Å². The van der Waals surface area contributed by atoms with E-state index in [4.69, 9.17) is 5.73 Å². The summed E-state index contributed by atoms with van der Waals surface area (Å²) in [6, 6.07) is 7.61. The zero-order valence-electron chi connectivity index (χ0n) is 14.6. The number of benzene rings is 1. The van der Waals surface area contributed by atoms with Crippen molar-refractivity contribution >= 4 is 41.7 Å². The van der Waals surface area contributed by atoms with Gasteiger partial charge in [-0.25, -0.2) is 0 Å². The van der Waals surface area contributed by atoms with E-state index in [9.17, 15) is 9.59 Å². The topological polar surface area (TPSA) is 84.2 Å². The smallest absolute Gasteiger partial charge is 0.234 e. The molecule has 0 aromatic heterocycles. The molecular weight excluding hydrogens is 346 g/mol. The standard InChI is InChI=1S/C17H27N3O2S.ClH/c1-4-17(18,5-2)12-19-15(21)10-23-11-16(22)20-14-8-6-13(3)7-9-14;/h6-9H,4-5,10-12,18H2,1-3H3,(H,19,21)(H,20,22);1H. The van der Waals surface area contributed by atoms with E-state index in [1.54, 1.807) is 0 Å². The van der Waals surface area contributed by atoms with Crippen LogP contribution >= 0.6 is 24.2 Å². The summed E-state index contributed by atoms with van der Waals surface area (Å²) < 4.78 is 0. The van der Waals surface area contributed by atoms with Crippen molar-refractivity contribution in [1.29, 1.82) is 0 Å². The molecule has 0 radical (unpaired) electrons. The van der Waals surface area contributed by atoms with Crippen LogP contribution in [0.15, 0.2) is 24.3 Å². The van der Waals surface area contributed by atoms with Crippen LogP contribution < -0.4 is 16.4 Å². The highest BCUT2D eigenvalue weighted by atomic mass is 35.5. The molecule has 1 aromatic rings. The van der Waals surface area contributed by atoms with E-state index < -0.39 is 0 Å². The molecule has 0 heterocycles. The third-order valence-electron chi connectivity index (χ3n) is 3.85. The lowest BCUT2D eigenvalue weighted by atomic mass is 9.94. The van der Waals surface area contributed by atoms with Gasteiger partial charge in [-0.2, -0.15) is 0 Å². The van der Waals surface area contributed by atoms with Gasteiger partial charge in [-0.15, -0.1) is 24.2 Å². The molecule has 0 aliphatic carbocycles. The molecule has 0 unspecified atom stereocenters. The zero-order valence-corrected chi connectivity index (χ0v) is 16.2. The Labute approximate surface area is 154 Å². The van der Waals surface area contributed by atoms with Crippen LogP contribution in [0.3, 0.4) is 0 Å². The number of hydrogen-bond acceptors (Lipinski definition) is 4. The number of amides is 2. The minimum absolute atomic E-state index is 0. The third kappa shape index (κ3) is 8.57. The van der Waals surface area contributed by atoms with E-state index in [-0.39, 0.29) is 41.3 Å². The minimum atomic E-state index is -0.344. The Morgan fingerprint density at radius 2 is 1.62 bits per heavy atom. The summed E-state index contributed by atoms with van der Waals surface area (Å²) in [6.07, 6.45) is 1.63. The molecule has 0 aliphatic heterocycles. The lowest BCUT2D eigenvalue weighted by Gasteiger charge is -2.26. The molecule has 1 rings (SSSR count). The first-order valence-electron chi connectivity index (χ1n) is 7.88. The average Bonchev–Trinajstić information content (AvgIpc) is 2.55. The average molecular weight is 374 g/mol. The van der Waals surface area contributed by atoms with Gasteiger partial charge >= 0.3 is 0 Å². The Morgan fingerprint density at radius 3 is 2.17 bits per heavy atom. The van der Waals surface area contributed by atoms with Crippen molar-refractivity contribution in [2.24, 2.45) is 5.73 Å². The maximum Gasteiger partial charge on any atom is 0.234 e. The van der Waals surface area contributed by atoms with Crippen molar-refractivity contribution < 1.29 is 9.59 Å². The Morgan fingerprint density at radius 1 is 1.08 bits per heavy atom. The van der Waals surface area contributed by atoms with Gasteiger partial charge in [-0.3, -0.25) is 9.59 Å². The number of hydrogen-bond donors (Lipinski definition) is 3. The van der Waals surface area contributed by atoms with Crippen molar-refractivity contribution in [1.82, 2.24) is 5.32 Å². The van der Waals surface area contributed by atoms with E-state index >= 15 is 0 Å². The lowest BCUT2D eigenvalue weighted by Crippen LogP contribution is -2.49. The SMILES string of the molecule is CCC(N)(CC)CNC(=O)CSCC(=O)Nc1ccc(C)cc1.Cl. The quantitative estimate of drug-likeness (QED) is 0.621. The maximum absolute atomic E-state index is 11.8. The normalized spacial score (nSPS) is 10.7. The molecule has 5 nitrogen and oxygen atoms in total. The van der Waals surface area contributed by atoms with E-state index in [1.165, 1.54) is 11.8 Å². The molecule has 7 heteroatoms. The van der Waals surface area contributed by atoms with Crippen LogP contribution in [-0.2, 0) is 9.59 Å². The van der Waals surface area contributed by atoms with Crippen molar-refractivity contribution in [2.45, 2.75) is 39.2 Å². The summed E-state index contributed by atoms with van der Waals surface area (Å²) in [5.41, 5.74) is 7.70. The second kappa shape index (κ2) is 11.3. The van der Waals surface area contributed by atoms with E-state index in [2.05, 4.69) is 10.6 Å². The molecule has 0 saturated carbocycles. The molecule has 0 spiro atoms. The van der Waals surface area contributed by atoms with Crippen LogP contribution in [0.1, 0.15) is 32.3 Å². The first-order valence-corrected chi connectivity index (χ1v) is 9.04. The molecule has 136 valence electrons. The highest BCUT2D eigenvalue weighted by Crippen LogP contribution is 2.11. The van der Waals surface area contributed by atoms with Crippen molar-refractivity contribution in [2.75, 3.05) is 23.4 Å². The van der Waals surface area contributed by atoms with Gasteiger partial charge in [0.1, 0.15) is 0 Å². The summed E-state index contributed by atoms with van der Waals surface area (Å²) in [4.78, 5) is 23.6. The number of anilines is 1. The molecule has 0 bridgehead atoms. The van der Waals surface area contributed by atoms with Crippen molar-refractivity contribution in [3.05, 3.63) is 29.8 Å². The number of aryl methyl sites for hydroxylation is 1. The molecule has 0 aliphatic rings. The van der Waals surface area contributed by atoms with Crippen LogP contribution in [0.4, 0.5) is 5.69 Å². The number of nitrogens with two attached hydrogens (primary N) is 1. The van der Waals surface area contributed by atoms with Gasteiger partial charge in [0.05, 0.1) is 11.5 Å². The Balaban J connectivity index is 0.00000529. The summed E-state index contributed by atoms with van der Waals surface area (Å²) in [7, 11) is 0. The first-order chi connectivity index (χ1) is 10.9. The van der Waals surface area contributed by atoms with Gasteiger partial charge in [0.25, 0.3) is 0 Å². The van der Waals surface area contributed by atoms with Gasteiger partial charge in [0.2, 0.25) is 11.8 Å². The Bertz CT molecular complexity index is 519. The highest BCUT2D eigenvalue weighted by Gasteiger charge is 2.20. The number of carbonyl (C=O) groups is 2. The van der Waals surface area contributed by atoms with Crippen LogP contribution in [0.25, 0.3) is 0 Å². The van der Waals surface area contributed by atoms with Crippen LogP contribution in [0.2, 0.25) is 0 Å². The summed E-state index contributed by atoms with van der Waals surface area (Å²) in [6.45, 7) is 6.49. The maximum atomic E-state index is 11.8. The molecule has 0 fully saturated rings. The van der Waals surface area contributed by atoms with Gasteiger partial charge < -0.3 is 16.4 Å². The molecule has 0 atom stereocenters. The van der Waals surface area contributed by atoms with Gasteiger partial charge in [-0.1, -0.05) is 31.5 Å². The Hall–Kier alpha value is -1.24. The number of thioether (sulfide) groups is 1. The number of rotatable bonds is 9.